The number of methoxy groups -OCH3 is 1. The number of aromatic nitrogens is 4. The van der Waals surface area contributed by atoms with Gasteiger partial charge in [0.1, 0.15) is 41.9 Å². The van der Waals surface area contributed by atoms with E-state index in [4.69, 9.17) is 14.7 Å². The Kier molecular flexibility index (Phi) is 12.0. The van der Waals surface area contributed by atoms with Gasteiger partial charge in [0.05, 0.1) is 66.4 Å². The van der Waals surface area contributed by atoms with E-state index in [1.54, 1.807) is 39.8 Å². The number of H-pyrrole nitrogens is 2. The number of halogens is 3. The first-order valence-corrected chi connectivity index (χ1v) is 21.4. The van der Waals surface area contributed by atoms with E-state index in [1.807, 2.05) is 36.4 Å². The normalized spacial score (nSPS) is 23.6. The Morgan fingerprint density at radius 2 is 1.17 bits per heavy atom. The summed E-state index contributed by atoms with van der Waals surface area (Å²) in [4.78, 5) is 72.4. The highest BCUT2D eigenvalue weighted by atomic mass is 19.1. The molecule has 0 bridgehead atoms. The van der Waals surface area contributed by atoms with E-state index in [0.717, 1.165) is 29.7 Å². The summed E-state index contributed by atoms with van der Waals surface area (Å²) in [6.07, 6.45) is -3.17. The number of hydrogen-bond donors (Lipinski definition) is 5. The molecule has 15 nitrogen and oxygen atoms in total. The van der Waals surface area contributed by atoms with Crippen molar-refractivity contribution in [2.75, 3.05) is 25.1 Å². The molecule has 4 amide bonds. The SMILES string of the molecule is COC(=O)N[C@H](C(=O)N1C[C@@H](F)C[C@H]1c1nc2cc([C@H]3CC[C@H](c4ccc5[nH]c([C@@H]6C[C@H](F)CN6C(=O)[C@@H](NC(=O)O)C(C)C)nc5c4)N3c3ccc(F)cc3)ccc2[nH]1)C(C)C. The van der Waals surface area contributed by atoms with Crippen molar-refractivity contribution >= 4 is 51.8 Å². The van der Waals surface area contributed by atoms with Gasteiger partial charge in [0.15, 0.2) is 0 Å². The number of imidazole rings is 2. The van der Waals surface area contributed by atoms with E-state index in [2.05, 4.69) is 25.5 Å². The zero-order valence-electron chi connectivity index (χ0n) is 35.6. The molecule has 3 fully saturated rings. The highest BCUT2D eigenvalue weighted by molar-refractivity contribution is 5.87. The van der Waals surface area contributed by atoms with Crippen LogP contribution in [0.15, 0.2) is 60.7 Å². The maximum Gasteiger partial charge on any atom is 0.407 e. The first kappa shape index (κ1) is 43.3. The summed E-state index contributed by atoms with van der Waals surface area (Å²) < 4.78 is 49.1. The fourth-order valence-corrected chi connectivity index (χ4v) is 9.53. The average Bonchev–Trinajstić information content (AvgIpc) is 4.10. The number of hydrogen-bond acceptors (Lipinski definition) is 8. The Morgan fingerprint density at radius 3 is 1.60 bits per heavy atom. The van der Waals surface area contributed by atoms with Crippen LogP contribution in [0, 0.1) is 17.7 Å². The van der Waals surface area contributed by atoms with Gasteiger partial charge in [-0.15, -0.1) is 0 Å². The van der Waals surface area contributed by atoms with Crippen LogP contribution in [0.5, 0.6) is 0 Å². The number of nitrogens with zero attached hydrogens (tertiary/aromatic N) is 5. The molecule has 18 heteroatoms. The number of carboxylic acid groups (broad SMARTS) is 1. The molecule has 0 spiro atoms. The van der Waals surface area contributed by atoms with Crippen LogP contribution in [0.1, 0.15) is 100 Å². The Balaban J connectivity index is 1.08. The molecule has 0 aliphatic carbocycles. The molecule has 5 N–H and O–H groups in total. The lowest BCUT2D eigenvalue weighted by atomic mass is 10.0. The number of carbonyl (C=O) groups is 4. The van der Waals surface area contributed by atoms with Gasteiger partial charge in [-0.25, -0.2) is 32.7 Å². The smallest absolute Gasteiger partial charge is 0.407 e. The maximum absolute atomic E-state index is 15.1. The number of benzene rings is 3. The monoisotopic (exact) mass is 871 g/mol. The van der Waals surface area contributed by atoms with Crippen LogP contribution >= 0.6 is 0 Å². The van der Waals surface area contributed by atoms with Gasteiger partial charge < -0.3 is 45.1 Å². The molecule has 0 radical (unpaired) electrons. The summed E-state index contributed by atoms with van der Waals surface area (Å²) >= 11 is 0. The Labute approximate surface area is 361 Å². The number of nitrogens with one attached hydrogen (secondary N) is 4. The number of aromatic amines is 2. The first-order chi connectivity index (χ1) is 30.1. The minimum atomic E-state index is -1.34. The molecule has 63 heavy (non-hydrogen) atoms. The van der Waals surface area contributed by atoms with Crippen LogP contribution in [-0.2, 0) is 14.3 Å². The van der Waals surface area contributed by atoms with Gasteiger partial charge in [-0.05, 0) is 84.3 Å². The maximum atomic E-state index is 15.1. The van der Waals surface area contributed by atoms with E-state index in [-0.39, 0.29) is 55.7 Å². The molecule has 5 heterocycles. The first-order valence-electron chi connectivity index (χ1n) is 21.4. The van der Waals surface area contributed by atoms with Crippen molar-refractivity contribution in [2.45, 2.75) is 102 Å². The number of alkyl halides is 2. The van der Waals surface area contributed by atoms with Crippen LogP contribution in [0.4, 0.5) is 28.4 Å². The third-order valence-electron chi connectivity index (χ3n) is 12.6. The lowest BCUT2D eigenvalue weighted by Gasteiger charge is -2.33. The summed E-state index contributed by atoms with van der Waals surface area (Å²) in [5, 5.41) is 14.3. The molecule has 8 rings (SSSR count). The third kappa shape index (κ3) is 8.58. The molecule has 3 saturated heterocycles. The number of fused-ring (bicyclic) bond motifs is 2. The topological polar surface area (TPSA) is 189 Å². The summed E-state index contributed by atoms with van der Waals surface area (Å²) in [6.45, 7) is 6.72. The second-order valence-electron chi connectivity index (χ2n) is 17.5. The average molecular weight is 872 g/mol. The van der Waals surface area contributed by atoms with E-state index < -0.39 is 60.5 Å². The quantitative estimate of drug-likeness (QED) is 0.0893. The molecule has 3 aliphatic rings. The fourth-order valence-electron chi connectivity index (χ4n) is 9.53. The van der Waals surface area contributed by atoms with Crippen molar-refractivity contribution in [1.82, 2.24) is 40.4 Å². The second kappa shape index (κ2) is 17.4. The van der Waals surface area contributed by atoms with Gasteiger partial charge >= 0.3 is 12.2 Å². The van der Waals surface area contributed by atoms with Crippen LogP contribution in [0.3, 0.4) is 0 Å². The van der Waals surface area contributed by atoms with E-state index in [0.29, 0.717) is 33.7 Å². The number of anilines is 1. The fraction of sp³-hybridized carbons (Fsp3) is 0.467. The van der Waals surface area contributed by atoms with E-state index in [9.17, 15) is 33.1 Å². The minimum Gasteiger partial charge on any atom is -0.465 e. The van der Waals surface area contributed by atoms with Crippen molar-refractivity contribution in [2.24, 2.45) is 11.8 Å². The summed E-state index contributed by atoms with van der Waals surface area (Å²) in [7, 11) is 1.21. The molecule has 0 saturated carbocycles. The zero-order valence-corrected chi connectivity index (χ0v) is 35.6. The number of amides is 4. The van der Waals surface area contributed by atoms with Crippen molar-refractivity contribution in [3.05, 3.63) is 89.3 Å². The second-order valence-corrected chi connectivity index (χ2v) is 17.5. The molecular weight excluding hydrogens is 820 g/mol. The number of carbonyl (C=O) groups excluding carboxylic acids is 3. The molecule has 0 unspecified atom stereocenters. The van der Waals surface area contributed by atoms with E-state index in [1.165, 1.54) is 29.0 Å². The summed E-state index contributed by atoms with van der Waals surface area (Å²) in [5.41, 5.74) is 5.33. The van der Waals surface area contributed by atoms with Gasteiger partial charge in [-0.1, -0.05) is 39.8 Å². The van der Waals surface area contributed by atoms with Gasteiger partial charge in [0.2, 0.25) is 11.8 Å². The van der Waals surface area contributed by atoms with Crippen molar-refractivity contribution in [1.29, 1.82) is 0 Å². The lowest BCUT2D eigenvalue weighted by Crippen LogP contribution is -2.51. The van der Waals surface area contributed by atoms with Crippen molar-refractivity contribution in [3.8, 4) is 0 Å². The summed E-state index contributed by atoms with van der Waals surface area (Å²) in [5.74, 6) is -1.11. The van der Waals surface area contributed by atoms with Gasteiger partial charge in [0, 0.05) is 18.5 Å². The predicted octanol–water partition coefficient (Wildman–Crippen LogP) is 7.56. The lowest BCUT2D eigenvalue weighted by molar-refractivity contribution is -0.136. The molecule has 8 atom stereocenters. The van der Waals surface area contributed by atoms with Gasteiger partial charge in [-0.3, -0.25) is 9.59 Å². The van der Waals surface area contributed by atoms with Crippen LogP contribution in [-0.4, -0.2) is 103 Å². The molecule has 3 aromatic carbocycles. The number of alkyl carbamates (subject to hydrolysis) is 1. The highest BCUT2D eigenvalue weighted by Gasteiger charge is 2.44. The summed E-state index contributed by atoms with van der Waals surface area (Å²) in [6, 6.07) is 14.4. The molecular formula is C45H52F3N9O6. The van der Waals surface area contributed by atoms with Gasteiger partial charge in [0.25, 0.3) is 0 Å². The standard InChI is InChI=1S/C45H52F3N9O6/c1-22(2)38(53-44(60)61)42(58)55-20-27(47)18-36(55)40-49-30-12-6-24(16-32(30)51-40)34-14-15-35(57(34)29-10-8-26(46)9-11-29)25-7-13-31-33(17-25)52-41(50-31)37-19-28(48)21-56(37)43(59)39(23(3)4)54-45(62)63-5/h6-13,16-17,22-23,27-28,34-39,53H,14-15,18-21H2,1-5H3,(H,49,51)(H,50,52)(H,54,62)(H,60,61)/t27-,28-,34+,35+,36-,37-,38-,39-/m0/s1. The van der Waals surface area contributed by atoms with Crippen molar-refractivity contribution in [3.63, 3.8) is 0 Å². The van der Waals surface area contributed by atoms with E-state index >= 15 is 4.39 Å². The number of rotatable bonds is 11. The Hall–Kier alpha value is -6.33. The van der Waals surface area contributed by atoms with Crippen molar-refractivity contribution < 1.29 is 42.2 Å². The predicted molar refractivity (Wildman–Crippen MR) is 228 cm³/mol. The third-order valence-corrected chi connectivity index (χ3v) is 12.6. The Bertz CT molecular complexity index is 2510. The number of ether oxygens (including phenoxy) is 1. The largest absolute Gasteiger partial charge is 0.465 e. The molecule has 5 aromatic rings. The Morgan fingerprint density at radius 1 is 0.714 bits per heavy atom. The van der Waals surface area contributed by atoms with Crippen LogP contribution in [0.25, 0.3) is 22.1 Å². The van der Waals surface area contributed by atoms with Gasteiger partial charge in [-0.2, -0.15) is 0 Å². The van der Waals surface area contributed by atoms with Crippen LogP contribution < -0.4 is 15.5 Å². The zero-order chi connectivity index (χ0) is 44.9. The van der Waals surface area contributed by atoms with Crippen LogP contribution in [0.2, 0.25) is 0 Å². The highest BCUT2D eigenvalue weighted by Crippen LogP contribution is 2.48. The molecule has 3 aliphatic heterocycles. The molecule has 334 valence electrons. The number of likely N-dealkylation sites (tertiary alicyclic amines) is 2. The minimum absolute atomic E-state index is 0.0152. The molecule has 2 aromatic heterocycles.